The highest BCUT2D eigenvalue weighted by Gasteiger charge is 2.26. The molecule has 0 aliphatic carbocycles. The van der Waals surface area contributed by atoms with Crippen molar-refractivity contribution in [3.63, 3.8) is 0 Å². The molecular weight excluding hydrogens is 270 g/mol. The van der Waals surface area contributed by atoms with E-state index in [4.69, 9.17) is 5.11 Å². The van der Waals surface area contributed by atoms with Crippen LogP contribution in [-0.4, -0.2) is 24.2 Å². The summed E-state index contributed by atoms with van der Waals surface area (Å²) in [6.45, 7) is 0. The first-order valence-corrected chi connectivity index (χ1v) is 6.11. The summed E-state index contributed by atoms with van der Waals surface area (Å²) < 4.78 is 1.04. The van der Waals surface area contributed by atoms with Crippen LogP contribution in [0.4, 0.5) is 5.69 Å². The van der Waals surface area contributed by atoms with Crippen LogP contribution in [0.2, 0.25) is 0 Å². The first-order chi connectivity index (χ1) is 7.59. The molecule has 86 valence electrons. The van der Waals surface area contributed by atoms with Gasteiger partial charge in [-0.25, -0.2) is 0 Å². The zero-order valence-electron chi connectivity index (χ0n) is 9.11. The number of carboxylic acid groups (broad SMARTS) is 1. The lowest BCUT2D eigenvalue weighted by molar-refractivity contribution is -0.137. The summed E-state index contributed by atoms with van der Waals surface area (Å²) in [5.74, 6) is -0.729. The van der Waals surface area contributed by atoms with Crippen molar-refractivity contribution in [3.05, 3.63) is 28.2 Å². The number of aliphatic carboxylic acids is 1. The van der Waals surface area contributed by atoms with E-state index in [-0.39, 0.29) is 12.5 Å². The van der Waals surface area contributed by atoms with Crippen molar-refractivity contribution in [2.24, 2.45) is 0 Å². The Morgan fingerprint density at radius 2 is 2.38 bits per heavy atom. The quantitative estimate of drug-likeness (QED) is 0.907. The van der Waals surface area contributed by atoms with Gasteiger partial charge in [0, 0.05) is 17.6 Å². The lowest BCUT2D eigenvalue weighted by atomic mass is 9.94. The first kappa shape index (κ1) is 11.5. The molecule has 1 aromatic carbocycles. The molecule has 1 atom stereocenters. The molecular formula is C12H14BrNO2. The molecule has 4 heteroatoms. The van der Waals surface area contributed by atoms with Crippen LogP contribution in [-0.2, 0) is 11.2 Å². The molecule has 1 unspecified atom stereocenters. The van der Waals surface area contributed by atoms with Crippen molar-refractivity contribution in [1.29, 1.82) is 0 Å². The molecule has 0 saturated heterocycles. The van der Waals surface area contributed by atoms with Crippen LogP contribution in [0.3, 0.4) is 0 Å². The molecule has 0 aromatic heterocycles. The lowest BCUT2D eigenvalue weighted by Gasteiger charge is -2.36. The Labute approximate surface area is 103 Å². The number of nitrogens with zero attached hydrogens (tertiary/aromatic N) is 1. The Kier molecular flexibility index (Phi) is 3.19. The second kappa shape index (κ2) is 4.45. The number of rotatable bonds is 2. The number of halogens is 1. The summed E-state index contributed by atoms with van der Waals surface area (Å²) in [6, 6.07) is 6.23. The lowest BCUT2D eigenvalue weighted by Crippen LogP contribution is -2.37. The summed E-state index contributed by atoms with van der Waals surface area (Å²) in [4.78, 5) is 12.9. The molecule has 0 saturated carbocycles. The molecule has 1 aliphatic rings. The molecule has 0 fully saturated rings. The zero-order chi connectivity index (χ0) is 11.7. The number of hydrogen-bond acceptors (Lipinski definition) is 2. The summed E-state index contributed by atoms with van der Waals surface area (Å²) >= 11 is 3.53. The van der Waals surface area contributed by atoms with E-state index >= 15 is 0 Å². The predicted octanol–water partition coefficient (Wildman–Crippen LogP) is 2.67. The van der Waals surface area contributed by atoms with Crippen molar-refractivity contribution < 1.29 is 9.90 Å². The minimum atomic E-state index is -0.729. The number of carboxylic acids is 1. The van der Waals surface area contributed by atoms with Gasteiger partial charge in [0.25, 0.3) is 0 Å². The van der Waals surface area contributed by atoms with E-state index in [1.807, 2.05) is 19.2 Å². The van der Waals surface area contributed by atoms with E-state index in [0.29, 0.717) is 0 Å². The largest absolute Gasteiger partial charge is 0.481 e. The Morgan fingerprint density at radius 3 is 3.06 bits per heavy atom. The average Bonchev–Trinajstić information content (AvgIpc) is 2.22. The Balaban J connectivity index is 2.30. The topological polar surface area (TPSA) is 40.5 Å². The maximum absolute atomic E-state index is 10.8. The van der Waals surface area contributed by atoms with Crippen molar-refractivity contribution in [2.75, 3.05) is 11.9 Å². The van der Waals surface area contributed by atoms with Crippen molar-refractivity contribution in [2.45, 2.75) is 25.3 Å². The fraction of sp³-hybridized carbons (Fsp3) is 0.417. The number of para-hydroxylation sites is 1. The van der Waals surface area contributed by atoms with Gasteiger partial charge in [-0.3, -0.25) is 4.79 Å². The highest BCUT2D eigenvalue weighted by molar-refractivity contribution is 9.10. The highest BCUT2D eigenvalue weighted by Crippen LogP contribution is 2.36. The monoisotopic (exact) mass is 283 g/mol. The minimum absolute atomic E-state index is 0.101. The number of hydrogen-bond donors (Lipinski definition) is 1. The van der Waals surface area contributed by atoms with Crippen molar-refractivity contribution >= 4 is 27.6 Å². The van der Waals surface area contributed by atoms with E-state index in [1.165, 1.54) is 5.56 Å². The van der Waals surface area contributed by atoms with E-state index in [1.54, 1.807) is 0 Å². The van der Waals surface area contributed by atoms with Crippen LogP contribution in [0.5, 0.6) is 0 Å². The smallest absolute Gasteiger partial charge is 0.305 e. The minimum Gasteiger partial charge on any atom is -0.481 e. The van der Waals surface area contributed by atoms with Gasteiger partial charge in [0.1, 0.15) is 0 Å². The molecule has 0 spiro atoms. The van der Waals surface area contributed by atoms with Gasteiger partial charge in [-0.1, -0.05) is 12.1 Å². The second-order valence-corrected chi connectivity index (χ2v) is 5.00. The molecule has 3 nitrogen and oxygen atoms in total. The number of aryl methyl sites for hydroxylation is 1. The van der Waals surface area contributed by atoms with Crippen LogP contribution in [0, 0.1) is 0 Å². The average molecular weight is 284 g/mol. The third kappa shape index (κ3) is 2.07. The fourth-order valence-electron chi connectivity index (χ4n) is 2.30. The van der Waals surface area contributed by atoms with Gasteiger partial charge in [0.2, 0.25) is 0 Å². The van der Waals surface area contributed by atoms with Crippen molar-refractivity contribution in [3.8, 4) is 0 Å². The van der Waals surface area contributed by atoms with Gasteiger partial charge < -0.3 is 10.0 Å². The summed E-state index contributed by atoms with van der Waals surface area (Å²) in [6.07, 6.45) is 2.07. The second-order valence-electron chi connectivity index (χ2n) is 4.15. The summed E-state index contributed by atoms with van der Waals surface area (Å²) in [7, 11) is 1.97. The molecule has 0 bridgehead atoms. The summed E-state index contributed by atoms with van der Waals surface area (Å²) in [5, 5.41) is 8.86. The third-order valence-electron chi connectivity index (χ3n) is 3.13. The Morgan fingerprint density at radius 1 is 1.62 bits per heavy atom. The normalized spacial score (nSPS) is 19.4. The first-order valence-electron chi connectivity index (χ1n) is 5.31. The number of carbonyl (C=O) groups is 1. The Hall–Kier alpha value is -1.03. The predicted molar refractivity (Wildman–Crippen MR) is 66.9 cm³/mol. The molecule has 1 aliphatic heterocycles. The van der Waals surface area contributed by atoms with Crippen LogP contribution in [0.25, 0.3) is 0 Å². The van der Waals surface area contributed by atoms with Crippen LogP contribution in [0.15, 0.2) is 22.7 Å². The van der Waals surface area contributed by atoms with E-state index in [2.05, 4.69) is 26.9 Å². The van der Waals surface area contributed by atoms with Gasteiger partial charge in [-0.2, -0.15) is 0 Å². The zero-order valence-corrected chi connectivity index (χ0v) is 10.7. The maximum atomic E-state index is 10.8. The number of anilines is 1. The molecule has 16 heavy (non-hydrogen) atoms. The molecule has 1 aromatic rings. The highest BCUT2D eigenvalue weighted by atomic mass is 79.9. The van der Waals surface area contributed by atoms with Crippen LogP contribution in [0.1, 0.15) is 18.4 Å². The van der Waals surface area contributed by atoms with Gasteiger partial charge in [-0.15, -0.1) is 0 Å². The SMILES string of the molecule is CN1c2c(Br)cccc2CCC1CC(=O)O. The molecule has 1 heterocycles. The van der Waals surface area contributed by atoms with E-state index in [0.717, 1.165) is 23.0 Å². The Bertz CT molecular complexity index is 419. The summed E-state index contributed by atoms with van der Waals surface area (Å²) in [5.41, 5.74) is 2.43. The number of benzene rings is 1. The van der Waals surface area contributed by atoms with Gasteiger partial charge >= 0.3 is 5.97 Å². The standard InChI is InChI=1S/C12H14BrNO2/c1-14-9(7-11(15)16)6-5-8-3-2-4-10(13)12(8)14/h2-4,9H,5-7H2,1H3,(H,15,16). The maximum Gasteiger partial charge on any atom is 0.305 e. The van der Waals surface area contributed by atoms with Gasteiger partial charge in [0.15, 0.2) is 0 Å². The van der Waals surface area contributed by atoms with E-state index in [9.17, 15) is 4.79 Å². The van der Waals surface area contributed by atoms with Gasteiger partial charge in [0.05, 0.1) is 12.1 Å². The van der Waals surface area contributed by atoms with Crippen LogP contribution >= 0.6 is 15.9 Å². The molecule has 1 N–H and O–H groups in total. The fourth-order valence-corrected chi connectivity index (χ4v) is 2.98. The number of fused-ring (bicyclic) bond motifs is 1. The van der Waals surface area contributed by atoms with E-state index < -0.39 is 5.97 Å². The van der Waals surface area contributed by atoms with Gasteiger partial charge in [-0.05, 0) is 40.4 Å². The molecule has 0 amide bonds. The molecule has 0 radical (unpaired) electrons. The third-order valence-corrected chi connectivity index (χ3v) is 3.77. The molecule has 2 rings (SSSR count). The van der Waals surface area contributed by atoms with Crippen LogP contribution < -0.4 is 4.90 Å². The van der Waals surface area contributed by atoms with Crippen molar-refractivity contribution in [1.82, 2.24) is 0 Å².